The van der Waals surface area contributed by atoms with E-state index >= 15 is 0 Å². The normalized spacial score (nSPS) is 12.6. The first kappa shape index (κ1) is 17.5. The van der Waals surface area contributed by atoms with Gasteiger partial charge in [0.05, 0.1) is 10.9 Å². The Morgan fingerprint density at radius 2 is 1.60 bits per heavy atom. The van der Waals surface area contributed by atoms with Gasteiger partial charge in [-0.2, -0.15) is 0 Å². The van der Waals surface area contributed by atoms with Crippen LogP contribution in [0.5, 0.6) is 11.5 Å². The highest BCUT2D eigenvalue weighted by Gasteiger charge is 2.31. The summed E-state index contributed by atoms with van der Waals surface area (Å²) in [6.45, 7) is 6.73. The van der Waals surface area contributed by atoms with Gasteiger partial charge in [0, 0.05) is 11.5 Å². The first-order valence-electron chi connectivity index (χ1n) is 10.6. The summed E-state index contributed by atoms with van der Waals surface area (Å²) in [4.78, 5) is 0. The van der Waals surface area contributed by atoms with Crippen molar-refractivity contribution >= 4 is 32.3 Å². The summed E-state index contributed by atoms with van der Waals surface area (Å²) >= 11 is 0. The van der Waals surface area contributed by atoms with Crippen LogP contribution in [0.15, 0.2) is 66.9 Å². The molecule has 6 rings (SSSR count). The van der Waals surface area contributed by atoms with Gasteiger partial charge in [0.25, 0.3) is 0 Å². The maximum Gasteiger partial charge on any atom is 0.228 e. The number of hydrogen-bond donors (Lipinski definition) is 0. The van der Waals surface area contributed by atoms with Crippen LogP contribution in [0.4, 0.5) is 0 Å². The number of pyridine rings is 1. The van der Waals surface area contributed by atoms with E-state index in [9.17, 15) is 0 Å². The molecule has 1 aliphatic heterocycles. The Morgan fingerprint density at radius 1 is 0.800 bits per heavy atom. The summed E-state index contributed by atoms with van der Waals surface area (Å²) in [5.41, 5.74) is 5.08. The van der Waals surface area contributed by atoms with Crippen molar-refractivity contribution in [3.8, 4) is 22.8 Å². The number of aromatic nitrogens is 1. The molecular weight excluding hydrogens is 366 g/mol. The second kappa shape index (κ2) is 6.06. The topological polar surface area (TPSA) is 13.1 Å². The predicted octanol–water partition coefficient (Wildman–Crippen LogP) is 7.18. The molecule has 1 aromatic heterocycles. The van der Waals surface area contributed by atoms with Gasteiger partial charge in [0.1, 0.15) is 18.5 Å². The van der Waals surface area contributed by atoms with Gasteiger partial charge in [-0.05, 0) is 57.6 Å². The van der Waals surface area contributed by atoms with Crippen molar-refractivity contribution in [2.45, 2.75) is 26.7 Å². The van der Waals surface area contributed by atoms with Gasteiger partial charge >= 0.3 is 0 Å². The number of fused-ring (bicyclic) bond motifs is 5. The van der Waals surface area contributed by atoms with Crippen molar-refractivity contribution in [2.75, 3.05) is 0 Å². The predicted molar refractivity (Wildman–Crippen MR) is 124 cm³/mol. The lowest BCUT2D eigenvalue weighted by Crippen LogP contribution is -2.31. The largest absolute Gasteiger partial charge is 0.456 e. The molecule has 146 valence electrons. The minimum atomic E-state index is 0.458. The average Bonchev–Trinajstić information content (AvgIpc) is 2.74. The monoisotopic (exact) mass is 390 g/mol. The van der Waals surface area contributed by atoms with Crippen LogP contribution in [-0.4, -0.2) is 0 Å². The summed E-state index contributed by atoms with van der Waals surface area (Å²) in [5, 5.41) is 7.55. The van der Waals surface area contributed by atoms with E-state index in [-0.39, 0.29) is 0 Å². The second-order valence-corrected chi connectivity index (χ2v) is 8.73. The van der Waals surface area contributed by atoms with E-state index in [4.69, 9.17) is 4.74 Å². The molecule has 0 spiro atoms. The van der Waals surface area contributed by atoms with E-state index in [0.29, 0.717) is 5.92 Å². The molecule has 2 heterocycles. The van der Waals surface area contributed by atoms with Crippen LogP contribution in [0.2, 0.25) is 0 Å². The fourth-order valence-corrected chi connectivity index (χ4v) is 5.18. The standard InChI is InChI=1S/C28H24NO/c1-16(2)19-10-7-11-21-22-12-13-29(4)28-26-17(3)20-9-6-5-8-18(20)14-24(26)30-25(27(22)28)15-23(19)21/h5-16H,1-4H3/q+1. The summed E-state index contributed by atoms with van der Waals surface area (Å²) in [5.74, 6) is 2.36. The first-order valence-corrected chi connectivity index (χ1v) is 10.6. The summed E-state index contributed by atoms with van der Waals surface area (Å²) in [6, 6.07) is 21.9. The fourth-order valence-electron chi connectivity index (χ4n) is 5.18. The molecular formula is C28H24NO+. The SMILES string of the molecule is Cc1c2c(cc3ccccc13)Oc1cc3c(C(C)C)cccc3c3cc[n+](C)c-2c13. The third kappa shape index (κ3) is 2.22. The van der Waals surface area contributed by atoms with Gasteiger partial charge in [-0.25, -0.2) is 4.57 Å². The molecule has 0 aliphatic carbocycles. The number of nitrogens with zero attached hydrogens (tertiary/aromatic N) is 1. The zero-order chi connectivity index (χ0) is 20.6. The summed E-state index contributed by atoms with van der Waals surface area (Å²) in [7, 11) is 2.14. The van der Waals surface area contributed by atoms with Crippen LogP contribution in [0.25, 0.3) is 43.6 Å². The van der Waals surface area contributed by atoms with Gasteiger partial charge in [0.2, 0.25) is 5.69 Å². The van der Waals surface area contributed by atoms with Crippen LogP contribution in [-0.2, 0) is 7.05 Å². The Morgan fingerprint density at radius 3 is 2.43 bits per heavy atom. The number of rotatable bonds is 1. The Bertz CT molecular complexity index is 1510. The van der Waals surface area contributed by atoms with E-state index in [1.54, 1.807) is 0 Å². The first-order chi connectivity index (χ1) is 14.5. The summed E-state index contributed by atoms with van der Waals surface area (Å²) < 4.78 is 8.87. The molecule has 0 radical (unpaired) electrons. The molecule has 0 fully saturated rings. The van der Waals surface area contributed by atoms with Crippen LogP contribution >= 0.6 is 0 Å². The van der Waals surface area contributed by atoms with E-state index in [2.05, 4.69) is 99.2 Å². The van der Waals surface area contributed by atoms with Gasteiger partial charge in [-0.3, -0.25) is 0 Å². The van der Waals surface area contributed by atoms with Gasteiger partial charge in [0.15, 0.2) is 6.20 Å². The molecule has 0 atom stereocenters. The van der Waals surface area contributed by atoms with Crippen LogP contribution in [0, 0.1) is 6.92 Å². The number of ether oxygens (including phenoxy) is 1. The van der Waals surface area contributed by atoms with E-state index in [1.165, 1.54) is 54.7 Å². The van der Waals surface area contributed by atoms with Gasteiger partial charge < -0.3 is 4.74 Å². The zero-order valence-electron chi connectivity index (χ0n) is 17.8. The van der Waals surface area contributed by atoms with E-state index in [0.717, 1.165) is 11.5 Å². The molecule has 1 aliphatic rings. The number of aryl methyl sites for hydroxylation is 2. The molecule has 0 N–H and O–H groups in total. The molecule has 30 heavy (non-hydrogen) atoms. The van der Waals surface area contributed by atoms with Crippen molar-refractivity contribution in [3.05, 3.63) is 78.0 Å². The van der Waals surface area contributed by atoms with Crippen molar-refractivity contribution < 1.29 is 9.30 Å². The van der Waals surface area contributed by atoms with Crippen molar-refractivity contribution in [1.82, 2.24) is 0 Å². The smallest absolute Gasteiger partial charge is 0.228 e. The van der Waals surface area contributed by atoms with Crippen molar-refractivity contribution in [2.24, 2.45) is 7.05 Å². The molecule has 2 heteroatoms. The summed E-state index contributed by atoms with van der Waals surface area (Å²) in [6.07, 6.45) is 2.19. The Hall–Kier alpha value is -3.39. The van der Waals surface area contributed by atoms with Crippen LogP contribution < -0.4 is 9.30 Å². The molecule has 4 aromatic carbocycles. The molecule has 0 bridgehead atoms. The molecule has 5 aromatic rings. The molecule has 0 saturated heterocycles. The highest BCUT2D eigenvalue weighted by molar-refractivity contribution is 6.16. The minimum Gasteiger partial charge on any atom is -0.456 e. The lowest BCUT2D eigenvalue weighted by molar-refractivity contribution is -0.659. The zero-order valence-corrected chi connectivity index (χ0v) is 17.8. The molecule has 0 saturated carbocycles. The van der Waals surface area contributed by atoms with Crippen LogP contribution in [0.3, 0.4) is 0 Å². The maximum absolute atomic E-state index is 6.62. The Labute approximate surface area is 176 Å². The van der Waals surface area contributed by atoms with Gasteiger partial charge in [-0.1, -0.05) is 56.3 Å². The van der Waals surface area contributed by atoms with E-state index in [1.807, 2.05) is 0 Å². The minimum absolute atomic E-state index is 0.458. The second-order valence-electron chi connectivity index (χ2n) is 8.73. The average molecular weight is 391 g/mol. The molecule has 2 nitrogen and oxygen atoms in total. The third-order valence-corrected chi connectivity index (χ3v) is 6.63. The number of benzene rings is 4. The lowest BCUT2D eigenvalue weighted by Gasteiger charge is -2.23. The van der Waals surface area contributed by atoms with Crippen molar-refractivity contribution in [3.63, 3.8) is 0 Å². The van der Waals surface area contributed by atoms with Gasteiger partial charge in [-0.15, -0.1) is 0 Å². The highest BCUT2D eigenvalue weighted by atomic mass is 16.5. The van der Waals surface area contributed by atoms with Crippen molar-refractivity contribution in [1.29, 1.82) is 0 Å². The highest BCUT2D eigenvalue weighted by Crippen LogP contribution is 2.50. The van der Waals surface area contributed by atoms with Crippen LogP contribution in [0.1, 0.15) is 30.9 Å². The fraction of sp³-hybridized carbons (Fsp3) is 0.179. The lowest BCUT2D eigenvalue weighted by atomic mass is 9.88. The van der Waals surface area contributed by atoms with E-state index < -0.39 is 0 Å². The number of hydrogen-bond acceptors (Lipinski definition) is 1. The Balaban J connectivity index is 1.82. The Kier molecular flexibility index (Phi) is 3.53. The third-order valence-electron chi connectivity index (χ3n) is 6.63. The molecule has 0 amide bonds. The maximum atomic E-state index is 6.62. The molecule has 0 unspecified atom stereocenters. The quantitative estimate of drug-likeness (QED) is 0.214.